The summed E-state index contributed by atoms with van der Waals surface area (Å²) in [6.45, 7) is 8.32. The zero-order valence-electron chi connectivity index (χ0n) is 9.58. The van der Waals surface area contributed by atoms with Gasteiger partial charge in [0, 0.05) is 26.5 Å². The van der Waals surface area contributed by atoms with Crippen LogP contribution in [-0.4, -0.2) is 23.5 Å². The molecule has 3 nitrogen and oxygen atoms in total. The summed E-state index contributed by atoms with van der Waals surface area (Å²) in [5, 5.41) is 4.32. The van der Waals surface area contributed by atoms with Crippen LogP contribution in [-0.2, 0) is 16.7 Å². The van der Waals surface area contributed by atoms with Gasteiger partial charge in [-0.1, -0.05) is 20.8 Å². The molecular weight excluding hydrogens is 176 g/mol. The number of aromatic nitrogens is 2. The molecule has 0 atom stereocenters. The minimum absolute atomic E-state index is 0.194. The van der Waals surface area contributed by atoms with Crippen molar-refractivity contribution in [1.29, 1.82) is 0 Å². The third kappa shape index (κ3) is 3.14. The maximum absolute atomic E-state index is 5.00. The van der Waals surface area contributed by atoms with E-state index in [9.17, 15) is 0 Å². The fraction of sp³-hybridized carbons (Fsp3) is 0.727. The van der Waals surface area contributed by atoms with Gasteiger partial charge >= 0.3 is 0 Å². The SMILES string of the molecule is COCCCn1cc(C(C)(C)C)cn1. The molecule has 0 bridgehead atoms. The molecule has 0 aliphatic rings. The van der Waals surface area contributed by atoms with Crippen molar-refractivity contribution in [2.24, 2.45) is 0 Å². The first-order chi connectivity index (χ1) is 6.54. The molecule has 0 aliphatic heterocycles. The highest BCUT2D eigenvalue weighted by molar-refractivity contribution is 5.14. The van der Waals surface area contributed by atoms with E-state index in [1.54, 1.807) is 7.11 Å². The summed E-state index contributed by atoms with van der Waals surface area (Å²) in [7, 11) is 1.73. The van der Waals surface area contributed by atoms with Gasteiger partial charge in [-0.2, -0.15) is 5.10 Å². The fourth-order valence-corrected chi connectivity index (χ4v) is 1.24. The molecule has 1 aromatic heterocycles. The summed E-state index contributed by atoms with van der Waals surface area (Å²) in [4.78, 5) is 0. The lowest BCUT2D eigenvalue weighted by atomic mass is 9.90. The van der Waals surface area contributed by atoms with E-state index >= 15 is 0 Å². The Balaban J connectivity index is 2.51. The lowest BCUT2D eigenvalue weighted by Crippen LogP contribution is -2.09. The molecule has 14 heavy (non-hydrogen) atoms. The van der Waals surface area contributed by atoms with Crippen LogP contribution < -0.4 is 0 Å². The van der Waals surface area contributed by atoms with Crippen molar-refractivity contribution in [1.82, 2.24) is 9.78 Å². The Morgan fingerprint density at radius 3 is 2.64 bits per heavy atom. The molecule has 0 amide bonds. The van der Waals surface area contributed by atoms with Gasteiger partial charge in [0.05, 0.1) is 6.20 Å². The summed E-state index contributed by atoms with van der Waals surface area (Å²) in [6, 6.07) is 0. The first-order valence-electron chi connectivity index (χ1n) is 5.06. The Bertz CT molecular complexity index is 273. The van der Waals surface area contributed by atoms with Gasteiger partial charge in [-0.25, -0.2) is 0 Å². The lowest BCUT2D eigenvalue weighted by Gasteiger charge is -2.14. The van der Waals surface area contributed by atoms with Crippen LogP contribution >= 0.6 is 0 Å². The van der Waals surface area contributed by atoms with Gasteiger partial charge in [-0.15, -0.1) is 0 Å². The number of methoxy groups -OCH3 is 1. The molecule has 0 N–H and O–H groups in total. The van der Waals surface area contributed by atoms with Gasteiger partial charge in [-0.3, -0.25) is 4.68 Å². The number of hydrogen-bond acceptors (Lipinski definition) is 2. The predicted octanol–water partition coefficient (Wildman–Crippen LogP) is 2.22. The van der Waals surface area contributed by atoms with Crippen LogP contribution in [0.3, 0.4) is 0 Å². The predicted molar refractivity (Wildman–Crippen MR) is 57.4 cm³/mol. The fourth-order valence-electron chi connectivity index (χ4n) is 1.24. The Morgan fingerprint density at radius 1 is 1.43 bits per heavy atom. The molecule has 0 fully saturated rings. The lowest BCUT2D eigenvalue weighted by molar-refractivity contribution is 0.189. The molecule has 3 heteroatoms. The number of aryl methyl sites for hydroxylation is 1. The zero-order chi connectivity index (χ0) is 10.6. The summed E-state index contributed by atoms with van der Waals surface area (Å²) in [6.07, 6.45) is 5.09. The zero-order valence-corrected chi connectivity index (χ0v) is 9.58. The number of ether oxygens (including phenoxy) is 1. The van der Waals surface area contributed by atoms with Crippen LogP contribution in [0.4, 0.5) is 0 Å². The Morgan fingerprint density at radius 2 is 2.14 bits per heavy atom. The normalized spacial score (nSPS) is 12.0. The van der Waals surface area contributed by atoms with Crippen LogP contribution in [0.25, 0.3) is 0 Å². The van der Waals surface area contributed by atoms with Gasteiger partial charge in [0.25, 0.3) is 0 Å². The third-order valence-electron chi connectivity index (χ3n) is 2.23. The van der Waals surface area contributed by atoms with E-state index in [0.29, 0.717) is 0 Å². The van der Waals surface area contributed by atoms with Crippen LogP contribution in [0, 0.1) is 0 Å². The van der Waals surface area contributed by atoms with Crippen molar-refractivity contribution in [3.63, 3.8) is 0 Å². The molecule has 0 spiro atoms. The highest BCUT2D eigenvalue weighted by atomic mass is 16.5. The van der Waals surface area contributed by atoms with Crippen molar-refractivity contribution in [2.45, 2.75) is 39.2 Å². The summed E-state index contributed by atoms with van der Waals surface area (Å²) >= 11 is 0. The van der Waals surface area contributed by atoms with E-state index < -0.39 is 0 Å². The Labute approximate surface area is 86.1 Å². The molecule has 0 aliphatic carbocycles. The third-order valence-corrected chi connectivity index (χ3v) is 2.23. The van der Waals surface area contributed by atoms with Gasteiger partial charge in [0.1, 0.15) is 0 Å². The molecule has 1 aromatic rings. The number of nitrogens with zero attached hydrogens (tertiary/aromatic N) is 2. The number of rotatable bonds is 4. The van der Waals surface area contributed by atoms with Crippen LogP contribution in [0.1, 0.15) is 32.8 Å². The Kier molecular flexibility index (Phi) is 3.69. The summed E-state index contributed by atoms with van der Waals surface area (Å²) in [5.41, 5.74) is 1.48. The average molecular weight is 196 g/mol. The van der Waals surface area contributed by atoms with Crippen LogP contribution in [0.2, 0.25) is 0 Å². The summed E-state index contributed by atoms with van der Waals surface area (Å²) < 4.78 is 6.98. The number of hydrogen-bond donors (Lipinski definition) is 0. The first kappa shape index (κ1) is 11.2. The van der Waals surface area contributed by atoms with Crippen molar-refractivity contribution in [3.8, 4) is 0 Å². The van der Waals surface area contributed by atoms with E-state index in [-0.39, 0.29) is 5.41 Å². The summed E-state index contributed by atoms with van der Waals surface area (Å²) in [5.74, 6) is 0. The smallest absolute Gasteiger partial charge is 0.0527 e. The van der Waals surface area contributed by atoms with E-state index in [1.807, 2.05) is 10.9 Å². The molecule has 0 radical (unpaired) electrons. The maximum atomic E-state index is 5.00. The monoisotopic (exact) mass is 196 g/mol. The molecule has 1 heterocycles. The highest BCUT2D eigenvalue weighted by Crippen LogP contribution is 2.20. The second-order valence-corrected chi connectivity index (χ2v) is 4.59. The van der Waals surface area contributed by atoms with Crippen molar-refractivity contribution < 1.29 is 4.74 Å². The average Bonchev–Trinajstić information content (AvgIpc) is 2.52. The Hall–Kier alpha value is -0.830. The molecule has 0 aromatic carbocycles. The first-order valence-corrected chi connectivity index (χ1v) is 5.06. The maximum Gasteiger partial charge on any atom is 0.0527 e. The minimum Gasteiger partial charge on any atom is -0.385 e. The van der Waals surface area contributed by atoms with E-state index in [2.05, 4.69) is 32.1 Å². The molecule has 80 valence electrons. The van der Waals surface area contributed by atoms with Gasteiger partial charge in [-0.05, 0) is 17.4 Å². The largest absolute Gasteiger partial charge is 0.385 e. The molecule has 0 unspecified atom stereocenters. The second-order valence-electron chi connectivity index (χ2n) is 4.59. The highest BCUT2D eigenvalue weighted by Gasteiger charge is 2.15. The van der Waals surface area contributed by atoms with Gasteiger partial charge in [0.2, 0.25) is 0 Å². The van der Waals surface area contributed by atoms with Crippen molar-refractivity contribution >= 4 is 0 Å². The van der Waals surface area contributed by atoms with E-state index in [4.69, 9.17) is 4.74 Å². The van der Waals surface area contributed by atoms with E-state index in [0.717, 1.165) is 19.6 Å². The molecule has 1 rings (SSSR count). The molecule has 0 saturated carbocycles. The van der Waals surface area contributed by atoms with Gasteiger partial charge in [0.15, 0.2) is 0 Å². The molecular formula is C11H20N2O. The minimum atomic E-state index is 0.194. The van der Waals surface area contributed by atoms with E-state index in [1.165, 1.54) is 5.56 Å². The topological polar surface area (TPSA) is 27.1 Å². The van der Waals surface area contributed by atoms with Crippen molar-refractivity contribution in [2.75, 3.05) is 13.7 Å². The van der Waals surface area contributed by atoms with Crippen LogP contribution in [0.5, 0.6) is 0 Å². The molecule has 0 saturated heterocycles. The quantitative estimate of drug-likeness (QED) is 0.690. The standard InChI is InChI=1S/C11H20N2O/c1-11(2,3)10-8-12-13(9-10)6-5-7-14-4/h8-9H,5-7H2,1-4H3. The second kappa shape index (κ2) is 4.60. The van der Waals surface area contributed by atoms with Crippen molar-refractivity contribution in [3.05, 3.63) is 18.0 Å². The van der Waals surface area contributed by atoms with Crippen LogP contribution in [0.15, 0.2) is 12.4 Å². The van der Waals surface area contributed by atoms with Gasteiger partial charge < -0.3 is 4.74 Å².